The van der Waals surface area contributed by atoms with E-state index in [9.17, 15) is 14.4 Å². The summed E-state index contributed by atoms with van der Waals surface area (Å²) in [6.07, 6.45) is 1.16. The summed E-state index contributed by atoms with van der Waals surface area (Å²) in [4.78, 5) is 39.5. The number of rotatable bonds is 8. The zero-order valence-electron chi connectivity index (χ0n) is 16.2. The molecular formula is C19H19Cl2N3O6. The van der Waals surface area contributed by atoms with Gasteiger partial charge >= 0.3 is 12.0 Å². The average Bonchev–Trinajstić information content (AvgIpc) is 2.70. The topological polar surface area (TPSA) is 116 Å². The van der Waals surface area contributed by atoms with E-state index in [1.165, 1.54) is 6.07 Å². The molecule has 0 aliphatic carbocycles. The summed E-state index contributed by atoms with van der Waals surface area (Å²) in [5.74, 6) is -0.688. The van der Waals surface area contributed by atoms with Gasteiger partial charge in [0.1, 0.15) is 5.15 Å². The number of esters is 1. The quantitative estimate of drug-likeness (QED) is 0.460. The normalized spacial score (nSPS) is 10.1. The van der Waals surface area contributed by atoms with Crippen molar-refractivity contribution < 1.29 is 28.6 Å². The number of hydrogen-bond acceptors (Lipinski definition) is 7. The first kappa shape index (κ1) is 23.2. The van der Waals surface area contributed by atoms with Crippen LogP contribution in [0.2, 0.25) is 10.2 Å². The second-order valence-electron chi connectivity index (χ2n) is 5.60. The molecule has 3 amide bonds. The first-order chi connectivity index (χ1) is 14.3. The van der Waals surface area contributed by atoms with Crippen molar-refractivity contribution in [3.05, 3.63) is 46.2 Å². The van der Waals surface area contributed by atoms with Gasteiger partial charge < -0.3 is 19.5 Å². The molecule has 0 saturated carbocycles. The fourth-order valence-corrected chi connectivity index (χ4v) is 2.47. The third kappa shape index (κ3) is 6.78. The van der Waals surface area contributed by atoms with E-state index >= 15 is 0 Å². The van der Waals surface area contributed by atoms with Crippen molar-refractivity contribution in [2.75, 3.05) is 25.1 Å². The molecule has 11 heteroatoms. The van der Waals surface area contributed by atoms with Gasteiger partial charge in [-0.15, -0.1) is 0 Å². The molecule has 0 atom stereocenters. The number of hydrogen-bond donors (Lipinski definition) is 2. The molecule has 160 valence electrons. The van der Waals surface area contributed by atoms with Gasteiger partial charge in [-0.05, 0) is 32.0 Å². The number of nitrogens with one attached hydrogen (secondary N) is 2. The van der Waals surface area contributed by atoms with Crippen LogP contribution >= 0.6 is 23.2 Å². The molecule has 0 aliphatic heterocycles. The number of urea groups is 1. The molecule has 0 unspecified atom stereocenters. The second kappa shape index (κ2) is 11.2. The van der Waals surface area contributed by atoms with E-state index in [0.29, 0.717) is 30.4 Å². The van der Waals surface area contributed by atoms with Crippen LogP contribution < -0.4 is 20.1 Å². The van der Waals surface area contributed by atoms with Gasteiger partial charge in [-0.2, -0.15) is 0 Å². The summed E-state index contributed by atoms with van der Waals surface area (Å²) in [5, 5.41) is 4.63. The van der Waals surface area contributed by atoms with Gasteiger partial charge in [-0.3, -0.25) is 10.1 Å². The predicted molar refractivity (Wildman–Crippen MR) is 110 cm³/mol. The third-order valence-corrected chi connectivity index (χ3v) is 4.11. The van der Waals surface area contributed by atoms with E-state index in [0.717, 1.165) is 6.20 Å². The van der Waals surface area contributed by atoms with E-state index < -0.39 is 24.5 Å². The lowest BCUT2D eigenvalue weighted by molar-refractivity contribution is -0.123. The maximum Gasteiger partial charge on any atom is 0.340 e. The summed E-state index contributed by atoms with van der Waals surface area (Å²) in [6.45, 7) is 3.84. The van der Waals surface area contributed by atoms with Crippen LogP contribution in [0, 0.1) is 0 Å². The number of aromatic nitrogens is 1. The Morgan fingerprint density at radius 2 is 1.73 bits per heavy atom. The maximum absolute atomic E-state index is 12.0. The Bertz CT molecular complexity index is 938. The zero-order chi connectivity index (χ0) is 22.1. The van der Waals surface area contributed by atoms with Crippen LogP contribution in [0.5, 0.6) is 11.5 Å². The van der Waals surface area contributed by atoms with Crippen LogP contribution in [0.25, 0.3) is 0 Å². The number of carbonyl (C=O) groups excluding carboxylic acids is 3. The molecule has 0 saturated heterocycles. The predicted octanol–water partition coefficient (Wildman–Crippen LogP) is 3.69. The molecule has 0 spiro atoms. The van der Waals surface area contributed by atoms with E-state index in [1.807, 2.05) is 19.2 Å². The Balaban J connectivity index is 1.88. The Labute approximate surface area is 182 Å². The lowest BCUT2D eigenvalue weighted by atomic mass is 10.2. The van der Waals surface area contributed by atoms with Crippen molar-refractivity contribution in [3.8, 4) is 11.5 Å². The lowest BCUT2D eigenvalue weighted by Crippen LogP contribution is -2.37. The van der Waals surface area contributed by atoms with Crippen molar-refractivity contribution in [1.29, 1.82) is 0 Å². The average molecular weight is 456 g/mol. The Kier molecular flexibility index (Phi) is 8.70. The molecule has 0 radical (unpaired) electrons. The monoisotopic (exact) mass is 455 g/mol. The van der Waals surface area contributed by atoms with Gasteiger partial charge in [-0.25, -0.2) is 14.6 Å². The minimum absolute atomic E-state index is 0.0134. The summed E-state index contributed by atoms with van der Waals surface area (Å²) in [7, 11) is 0. The molecule has 2 aromatic rings. The molecule has 30 heavy (non-hydrogen) atoms. The molecule has 2 rings (SSSR count). The zero-order valence-corrected chi connectivity index (χ0v) is 17.7. The smallest absolute Gasteiger partial charge is 0.340 e. The minimum Gasteiger partial charge on any atom is -0.490 e. The van der Waals surface area contributed by atoms with Gasteiger partial charge in [0.05, 0.1) is 23.8 Å². The molecule has 2 N–H and O–H groups in total. The van der Waals surface area contributed by atoms with E-state index in [4.69, 9.17) is 37.4 Å². The highest BCUT2D eigenvalue weighted by Crippen LogP contribution is 2.30. The number of pyridine rings is 1. The van der Waals surface area contributed by atoms with E-state index in [-0.39, 0.29) is 15.7 Å². The molecule has 1 aromatic carbocycles. The Morgan fingerprint density at radius 3 is 2.40 bits per heavy atom. The van der Waals surface area contributed by atoms with Crippen LogP contribution in [-0.4, -0.2) is 42.7 Å². The summed E-state index contributed by atoms with van der Waals surface area (Å²) < 4.78 is 15.7. The van der Waals surface area contributed by atoms with Crippen molar-refractivity contribution in [3.63, 3.8) is 0 Å². The number of halogens is 2. The number of amides is 3. The maximum atomic E-state index is 12.0. The summed E-state index contributed by atoms with van der Waals surface area (Å²) in [5.41, 5.74) is 0.394. The van der Waals surface area contributed by atoms with Crippen molar-refractivity contribution in [1.82, 2.24) is 10.3 Å². The largest absolute Gasteiger partial charge is 0.490 e. The van der Waals surface area contributed by atoms with Crippen LogP contribution in [0.1, 0.15) is 24.2 Å². The molecule has 0 aliphatic rings. The highest BCUT2D eigenvalue weighted by atomic mass is 35.5. The fourth-order valence-electron chi connectivity index (χ4n) is 2.20. The SMILES string of the molecule is CCOc1ccc(NC(=O)NC(=O)COC(=O)c2cnc(Cl)c(Cl)c2)cc1OCC. The first-order valence-corrected chi connectivity index (χ1v) is 9.58. The third-order valence-electron chi connectivity index (χ3n) is 3.42. The minimum atomic E-state index is -0.843. The molecular weight excluding hydrogens is 437 g/mol. The van der Waals surface area contributed by atoms with Crippen LogP contribution in [0.4, 0.5) is 10.5 Å². The van der Waals surface area contributed by atoms with Gasteiger partial charge in [0, 0.05) is 18.0 Å². The van der Waals surface area contributed by atoms with E-state index in [2.05, 4.69) is 10.3 Å². The number of nitrogens with zero attached hydrogens (tertiary/aromatic N) is 1. The lowest BCUT2D eigenvalue weighted by Gasteiger charge is -2.13. The number of benzene rings is 1. The summed E-state index contributed by atoms with van der Waals surface area (Å²) in [6, 6.07) is 5.24. The van der Waals surface area contributed by atoms with Gasteiger partial charge in [0.15, 0.2) is 18.1 Å². The highest BCUT2D eigenvalue weighted by molar-refractivity contribution is 6.41. The van der Waals surface area contributed by atoms with Gasteiger partial charge in [-0.1, -0.05) is 23.2 Å². The second-order valence-corrected chi connectivity index (χ2v) is 6.37. The molecule has 0 fully saturated rings. The van der Waals surface area contributed by atoms with Gasteiger partial charge in [0.2, 0.25) is 0 Å². The molecule has 0 bridgehead atoms. The molecule has 1 heterocycles. The molecule has 9 nitrogen and oxygen atoms in total. The highest BCUT2D eigenvalue weighted by Gasteiger charge is 2.15. The number of carbonyl (C=O) groups is 3. The Morgan fingerprint density at radius 1 is 1.03 bits per heavy atom. The summed E-state index contributed by atoms with van der Waals surface area (Å²) >= 11 is 11.4. The van der Waals surface area contributed by atoms with Crippen molar-refractivity contribution >= 4 is 46.8 Å². The van der Waals surface area contributed by atoms with Crippen molar-refractivity contribution in [2.24, 2.45) is 0 Å². The van der Waals surface area contributed by atoms with E-state index in [1.54, 1.807) is 18.2 Å². The van der Waals surface area contributed by atoms with Crippen LogP contribution in [-0.2, 0) is 9.53 Å². The first-order valence-electron chi connectivity index (χ1n) is 8.82. The number of imide groups is 1. The molecule has 1 aromatic heterocycles. The van der Waals surface area contributed by atoms with Crippen LogP contribution in [0.15, 0.2) is 30.5 Å². The number of ether oxygens (including phenoxy) is 3. The number of anilines is 1. The fraction of sp³-hybridized carbons (Fsp3) is 0.263. The van der Waals surface area contributed by atoms with Crippen molar-refractivity contribution in [2.45, 2.75) is 13.8 Å². The van der Waals surface area contributed by atoms with Gasteiger partial charge in [0.25, 0.3) is 5.91 Å². The Hall–Kier alpha value is -3.04. The van der Waals surface area contributed by atoms with Crippen LogP contribution in [0.3, 0.4) is 0 Å². The standard InChI is InChI=1S/C19H19Cl2N3O6/c1-3-28-14-6-5-12(8-15(14)29-4-2)23-19(27)24-16(25)10-30-18(26)11-7-13(20)17(21)22-9-11/h5-9H,3-4,10H2,1-2H3,(H2,23,24,25,27).